The number of nitrogens with zero attached hydrogens (tertiary/aromatic N) is 2. The van der Waals surface area contributed by atoms with Gasteiger partial charge in [0.05, 0.1) is 23.4 Å². The largest absolute Gasteiger partial charge is 0.492 e. The second-order valence-electron chi connectivity index (χ2n) is 7.07. The maximum Gasteiger partial charge on any atom is 0.434 e. The monoisotopic (exact) mass is 455 g/mol. The van der Waals surface area contributed by atoms with Crippen LogP contribution in [0.15, 0.2) is 48.7 Å². The van der Waals surface area contributed by atoms with Crippen LogP contribution in [0.4, 0.5) is 23.2 Å². The molecule has 0 saturated heterocycles. The Morgan fingerprint density at radius 1 is 1.23 bits per heavy atom. The first-order chi connectivity index (χ1) is 14.6. The third-order valence-corrected chi connectivity index (χ3v) is 4.42. The van der Waals surface area contributed by atoms with Gasteiger partial charge < -0.3 is 10.1 Å². The lowest BCUT2D eigenvalue weighted by Crippen LogP contribution is -2.21. The summed E-state index contributed by atoms with van der Waals surface area (Å²) in [6.07, 6.45) is -4.22. The van der Waals surface area contributed by atoms with Gasteiger partial charge in [-0.1, -0.05) is 37.6 Å². The van der Waals surface area contributed by atoms with Crippen LogP contribution in [0.2, 0.25) is 5.02 Å². The molecule has 0 aliphatic rings. The van der Waals surface area contributed by atoms with Crippen LogP contribution < -0.4 is 10.1 Å². The molecule has 0 aliphatic carbocycles. The summed E-state index contributed by atoms with van der Waals surface area (Å²) < 4.78 is 61.1. The Hall–Kier alpha value is -3.07. The molecule has 3 rings (SSSR count). The number of anilines is 1. The van der Waals surface area contributed by atoms with Crippen molar-refractivity contribution in [1.29, 1.82) is 0 Å². The Morgan fingerprint density at radius 3 is 2.55 bits per heavy atom. The lowest BCUT2D eigenvalue weighted by molar-refractivity contribution is -0.143. The lowest BCUT2D eigenvalue weighted by atomic mass is 10.2. The Kier molecular flexibility index (Phi) is 6.54. The molecule has 1 heterocycles. The van der Waals surface area contributed by atoms with Gasteiger partial charge >= 0.3 is 6.18 Å². The molecule has 0 bridgehead atoms. The smallest absolute Gasteiger partial charge is 0.434 e. The molecular formula is C21H18ClF4N3O2. The highest BCUT2D eigenvalue weighted by Crippen LogP contribution is 2.35. The number of carbonyl (C=O) groups is 1. The minimum Gasteiger partial charge on any atom is -0.492 e. The molecule has 1 N–H and O–H groups in total. The maximum absolute atomic E-state index is 14.0. The fourth-order valence-corrected chi connectivity index (χ4v) is 2.98. The average Bonchev–Trinajstić information content (AvgIpc) is 3.13. The predicted molar refractivity (Wildman–Crippen MR) is 108 cm³/mol. The Balaban J connectivity index is 1.91. The van der Waals surface area contributed by atoms with Crippen LogP contribution in [-0.4, -0.2) is 22.3 Å². The molecule has 5 nitrogen and oxygen atoms in total. The molecule has 1 amide bonds. The van der Waals surface area contributed by atoms with Gasteiger partial charge in [0.15, 0.2) is 5.69 Å². The fraction of sp³-hybridized carbons (Fsp3) is 0.238. The van der Waals surface area contributed by atoms with E-state index in [1.165, 1.54) is 30.3 Å². The number of hydrogen-bond donors (Lipinski definition) is 1. The molecule has 0 fully saturated rings. The van der Waals surface area contributed by atoms with Gasteiger partial charge in [0.1, 0.15) is 17.3 Å². The Morgan fingerprint density at radius 2 is 1.94 bits per heavy atom. The van der Waals surface area contributed by atoms with E-state index in [-0.39, 0.29) is 16.6 Å². The molecule has 0 unspecified atom stereocenters. The molecular weight excluding hydrogens is 438 g/mol. The van der Waals surface area contributed by atoms with Gasteiger partial charge in [0, 0.05) is 5.69 Å². The zero-order valence-electron chi connectivity index (χ0n) is 16.5. The average molecular weight is 456 g/mol. The molecule has 1 aromatic heterocycles. The van der Waals surface area contributed by atoms with E-state index in [4.69, 9.17) is 16.3 Å². The SMILES string of the molecule is CC(C)COc1ccc(NC(=O)c2cnn(-c3ccccc3F)c2C(F)(F)F)cc1Cl. The summed E-state index contributed by atoms with van der Waals surface area (Å²) in [5, 5.41) is 6.15. The quantitative estimate of drug-likeness (QED) is 0.466. The number of carbonyl (C=O) groups excluding carboxylic acids is 1. The standard InChI is InChI=1S/C21H18ClF4N3O2/c1-12(2)11-31-18-8-7-13(9-15(18)22)28-20(30)14-10-27-29(19(14)21(24,25)26)17-6-4-3-5-16(17)23/h3-10,12H,11H2,1-2H3,(H,28,30). The molecule has 2 aromatic carbocycles. The summed E-state index contributed by atoms with van der Waals surface area (Å²) in [6.45, 7) is 4.35. The summed E-state index contributed by atoms with van der Waals surface area (Å²) in [4.78, 5) is 12.6. The third kappa shape index (κ3) is 5.16. The van der Waals surface area contributed by atoms with E-state index in [0.717, 1.165) is 18.3 Å². The molecule has 0 atom stereocenters. The Bertz CT molecular complexity index is 1100. The summed E-state index contributed by atoms with van der Waals surface area (Å²) in [5.74, 6) is -1.33. The number of para-hydroxylation sites is 1. The molecule has 164 valence electrons. The zero-order chi connectivity index (χ0) is 22.8. The van der Waals surface area contributed by atoms with Gasteiger partial charge in [-0.15, -0.1) is 0 Å². The van der Waals surface area contributed by atoms with Crippen molar-refractivity contribution in [3.05, 3.63) is 70.8 Å². The number of benzene rings is 2. The molecule has 31 heavy (non-hydrogen) atoms. The minimum atomic E-state index is -4.96. The van der Waals surface area contributed by atoms with Crippen LogP contribution in [0, 0.1) is 11.7 Å². The van der Waals surface area contributed by atoms with Gasteiger partial charge in [-0.25, -0.2) is 9.07 Å². The first kappa shape index (κ1) is 22.6. The summed E-state index contributed by atoms with van der Waals surface area (Å²) >= 11 is 6.13. The van der Waals surface area contributed by atoms with Gasteiger partial charge in [0.25, 0.3) is 5.91 Å². The van der Waals surface area contributed by atoms with Crippen LogP contribution in [0.5, 0.6) is 5.75 Å². The van der Waals surface area contributed by atoms with Gasteiger partial charge in [-0.3, -0.25) is 4.79 Å². The number of alkyl halides is 3. The number of nitrogens with one attached hydrogen (secondary N) is 1. The van der Waals surface area contributed by atoms with E-state index in [9.17, 15) is 22.4 Å². The molecule has 10 heteroatoms. The Labute approximate surface area is 180 Å². The first-order valence-corrected chi connectivity index (χ1v) is 9.59. The first-order valence-electron chi connectivity index (χ1n) is 9.21. The number of ether oxygens (including phenoxy) is 1. The number of amides is 1. The van der Waals surface area contributed by atoms with Crippen molar-refractivity contribution in [1.82, 2.24) is 9.78 Å². The van der Waals surface area contributed by atoms with Crippen molar-refractivity contribution in [2.75, 3.05) is 11.9 Å². The number of hydrogen-bond acceptors (Lipinski definition) is 3. The van der Waals surface area contributed by atoms with E-state index >= 15 is 0 Å². The van der Waals surface area contributed by atoms with E-state index in [2.05, 4.69) is 10.4 Å². The maximum atomic E-state index is 14.0. The fourth-order valence-electron chi connectivity index (χ4n) is 2.74. The van der Waals surface area contributed by atoms with E-state index in [0.29, 0.717) is 17.0 Å². The molecule has 0 aliphatic heterocycles. The van der Waals surface area contributed by atoms with Crippen molar-refractivity contribution in [2.24, 2.45) is 5.92 Å². The highest BCUT2D eigenvalue weighted by Gasteiger charge is 2.41. The summed E-state index contributed by atoms with van der Waals surface area (Å²) in [7, 11) is 0. The summed E-state index contributed by atoms with van der Waals surface area (Å²) in [6, 6.07) is 9.16. The normalized spacial score (nSPS) is 11.6. The number of rotatable bonds is 6. The second-order valence-corrected chi connectivity index (χ2v) is 7.48. The summed E-state index contributed by atoms with van der Waals surface area (Å²) in [5.41, 5.74) is -2.41. The van der Waals surface area contributed by atoms with Crippen LogP contribution >= 0.6 is 11.6 Å². The van der Waals surface area contributed by atoms with Crippen LogP contribution in [0.3, 0.4) is 0 Å². The second kappa shape index (κ2) is 8.97. The predicted octanol–water partition coefficient (Wildman–Crippen LogP) is 5.97. The van der Waals surface area contributed by atoms with Gasteiger partial charge in [-0.2, -0.15) is 18.3 Å². The highest BCUT2D eigenvalue weighted by molar-refractivity contribution is 6.32. The zero-order valence-corrected chi connectivity index (χ0v) is 17.3. The molecule has 3 aromatic rings. The minimum absolute atomic E-state index is 0.165. The van der Waals surface area contributed by atoms with Crippen LogP contribution in [-0.2, 0) is 6.18 Å². The third-order valence-electron chi connectivity index (χ3n) is 4.12. The number of halogens is 5. The van der Waals surface area contributed by atoms with E-state index < -0.39 is 34.8 Å². The lowest BCUT2D eigenvalue weighted by Gasteiger charge is -2.14. The molecule has 0 radical (unpaired) electrons. The van der Waals surface area contributed by atoms with Crippen molar-refractivity contribution >= 4 is 23.2 Å². The van der Waals surface area contributed by atoms with E-state index in [1.807, 2.05) is 13.8 Å². The molecule has 0 saturated carbocycles. The molecule has 0 spiro atoms. The van der Waals surface area contributed by atoms with E-state index in [1.54, 1.807) is 0 Å². The van der Waals surface area contributed by atoms with Crippen LogP contribution in [0.25, 0.3) is 5.69 Å². The topological polar surface area (TPSA) is 56.1 Å². The van der Waals surface area contributed by atoms with Gasteiger partial charge in [-0.05, 0) is 36.2 Å². The van der Waals surface area contributed by atoms with Crippen molar-refractivity contribution in [2.45, 2.75) is 20.0 Å². The van der Waals surface area contributed by atoms with Crippen molar-refractivity contribution < 1.29 is 27.1 Å². The van der Waals surface area contributed by atoms with Crippen molar-refractivity contribution in [3.8, 4) is 11.4 Å². The number of aromatic nitrogens is 2. The van der Waals surface area contributed by atoms with Crippen LogP contribution in [0.1, 0.15) is 29.9 Å². The highest BCUT2D eigenvalue weighted by atomic mass is 35.5. The van der Waals surface area contributed by atoms with Crippen molar-refractivity contribution in [3.63, 3.8) is 0 Å². The van der Waals surface area contributed by atoms with Gasteiger partial charge in [0.2, 0.25) is 0 Å².